The van der Waals surface area contributed by atoms with Crippen molar-refractivity contribution in [2.45, 2.75) is 54.4 Å². The summed E-state index contributed by atoms with van der Waals surface area (Å²) < 4.78 is 0. The SMILES string of the molecule is C=C.C=CCCC(C)C.CC.CC. The van der Waals surface area contributed by atoms with Crippen LogP contribution in [-0.2, 0) is 0 Å². The molecule has 0 aliphatic carbocycles. The summed E-state index contributed by atoms with van der Waals surface area (Å²) in [4.78, 5) is 0. The zero-order chi connectivity index (χ0) is 11.7. The molecular weight excluding hydrogens is 156 g/mol. The molecule has 0 atom stereocenters. The Morgan fingerprint density at radius 3 is 1.38 bits per heavy atom. The van der Waals surface area contributed by atoms with Gasteiger partial charge in [0.25, 0.3) is 0 Å². The van der Waals surface area contributed by atoms with E-state index >= 15 is 0 Å². The largest absolute Gasteiger partial charge is 0.106 e. The number of rotatable bonds is 3. The van der Waals surface area contributed by atoms with Crippen LogP contribution in [0, 0.1) is 5.92 Å². The molecule has 0 heteroatoms. The standard InChI is InChI=1S/C7H14.2C2H6.C2H4/c1-4-5-6-7(2)3;3*1-2/h4,7H,1,5-6H2,2-3H3;2*1-2H3;1-2H2. The summed E-state index contributed by atoms with van der Waals surface area (Å²) in [5, 5.41) is 0. The van der Waals surface area contributed by atoms with Crippen molar-refractivity contribution in [2.24, 2.45) is 5.92 Å². The predicted octanol–water partition coefficient (Wildman–Crippen LogP) is 5.46. The van der Waals surface area contributed by atoms with Gasteiger partial charge < -0.3 is 0 Å². The van der Waals surface area contributed by atoms with E-state index in [0.717, 1.165) is 12.3 Å². The van der Waals surface area contributed by atoms with Crippen LogP contribution in [-0.4, -0.2) is 0 Å². The Labute approximate surface area is 86.8 Å². The summed E-state index contributed by atoms with van der Waals surface area (Å²) in [5.74, 6) is 0.831. The summed E-state index contributed by atoms with van der Waals surface area (Å²) in [6.45, 7) is 22.1. The highest BCUT2D eigenvalue weighted by Gasteiger charge is 1.87. The first kappa shape index (κ1) is 22.9. The Morgan fingerprint density at radius 2 is 1.31 bits per heavy atom. The maximum Gasteiger partial charge on any atom is -0.0351 e. The van der Waals surface area contributed by atoms with Crippen molar-refractivity contribution in [1.29, 1.82) is 0 Å². The number of hydrogen-bond donors (Lipinski definition) is 0. The fourth-order valence-corrected chi connectivity index (χ4v) is 0.451. The van der Waals surface area contributed by atoms with Crippen LogP contribution in [0.2, 0.25) is 0 Å². The summed E-state index contributed by atoms with van der Waals surface area (Å²) in [5.41, 5.74) is 0. The maximum absolute atomic E-state index is 3.63. The molecule has 82 valence electrons. The Balaban J connectivity index is -0.0000000573. The van der Waals surface area contributed by atoms with E-state index in [1.165, 1.54) is 6.42 Å². The van der Waals surface area contributed by atoms with Crippen LogP contribution in [0.5, 0.6) is 0 Å². The average molecular weight is 186 g/mol. The number of allylic oxidation sites excluding steroid dienone is 1. The summed E-state index contributed by atoms with van der Waals surface area (Å²) in [6.07, 6.45) is 4.42. The highest BCUT2D eigenvalue weighted by molar-refractivity contribution is 4.66. The minimum atomic E-state index is 0.831. The summed E-state index contributed by atoms with van der Waals surface area (Å²) >= 11 is 0. The van der Waals surface area contributed by atoms with Gasteiger partial charge in [-0.1, -0.05) is 47.6 Å². The minimum Gasteiger partial charge on any atom is -0.106 e. The van der Waals surface area contributed by atoms with Crippen LogP contribution < -0.4 is 0 Å². The van der Waals surface area contributed by atoms with Crippen LogP contribution in [0.4, 0.5) is 0 Å². The van der Waals surface area contributed by atoms with Crippen molar-refractivity contribution in [3.63, 3.8) is 0 Å². The monoisotopic (exact) mass is 186 g/mol. The first-order valence-electron chi connectivity index (χ1n) is 5.38. The van der Waals surface area contributed by atoms with Crippen molar-refractivity contribution in [1.82, 2.24) is 0 Å². The fourth-order valence-electron chi connectivity index (χ4n) is 0.451. The zero-order valence-electron chi connectivity index (χ0n) is 10.7. The predicted molar refractivity (Wildman–Crippen MR) is 68.2 cm³/mol. The quantitative estimate of drug-likeness (QED) is 0.513. The third-order valence-corrected chi connectivity index (χ3v) is 0.948. The fraction of sp³-hybridized carbons (Fsp3) is 0.692. The van der Waals surface area contributed by atoms with Gasteiger partial charge in [0, 0.05) is 0 Å². The van der Waals surface area contributed by atoms with Gasteiger partial charge in [-0.05, 0) is 18.8 Å². The third kappa shape index (κ3) is 85.2. The normalized spacial score (nSPS) is 6.38. The van der Waals surface area contributed by atoms with Crippen molar-refractivity contribution in [3.8, 4) is 0 Å². The second-order valence-electron chi connectivity index (χ2n) is 2.26. The molecule has 13 heavy (non-hydrogen) atoms. The van der Waals surface area contributed by atoms with Crippen LogP contribution >= 0.6 is 0 Å². The molecule has 0 radical (unpaired) electrons. The molecule has 0 aliphatic rings. The minimum absolute atomic E-state index is 0.831. The van der Waals surface area contributed by atoms with E-state index in [2.05, 4.69) is 33.6 Å². The highest BCUT2D eigenvalue weighted by Crippen LogP contribution is 2.02. The van der Waals surface area contributed by atoms with E-state index in [4.69, 9.17) is 0 Å². The molecule has 0 saturated carbocycles. The summed E-state index contributed by atoms with van der Waals surface area (Å²) in [6, 6.07) is 0. The second kappa shape index (κ2) is 42.0. The molecule has 0 aromatic heterocycles. The molecular formula is C13H30. The van der Waals surface area contributed by atoms with Gasteiger partial charge >= 0.3 is 0 Å². The molecule has 0 rings (SSSR count). The van der Waals surface area contributed by atoms with Crippen LogP contribution in [0.3, 0.4) is 0 Å². The molecule has 0 fully saturated rings. The van der Waals surface area contributed by atoms with Crippen LogP contribution in [0.1, 0.15) is 54.4 Å². The first-order chi connectivity index (χ1) is 6.27. The molecule has 0 N–H and O–H groups in total. The van der Waals surface area contributed by atoms with Gasteiger partial charge in [0.1, 0.15) is 0 Å². The highest BCUT2D eigenvalue weighted by atomic mass is 13.9. The van der Waals surface area contributed by atoms with Crippen LogP contribution in [0.25, 0.3) is 0 Å². The molecule has 0 aliphatic heterocycles. The van der Waals surface area contributed by atoms with E-state index < -0.39 is 0 Å². The van der Waals surface area contributed by atoms with Gasteiger partial charge in [0.2, 0.25) is 0 Å². The van der Waals surface area contributed by atoms with Gasteiger partial charge in [0.15, 0.2) is 0 Å². The molecule has 0 nitrogen and oxygen atoms in total. The number of hydrogen-bond acceptors (Lipinski definition) is 0. The van der Waals surface area contributed by atoms with Gasteiger partial charge in [-0.3, -0.25) is 0 Å². The third-order valence-electron chi connectivity index (χ3n) is 0.948. The lowest BCUT2D eigenvalue weighted by Crippen LogP contribution is -1.82. The van der Waals surface area contributed by atoms with E-state index in [1.807, 2.05) is 33.8 Å². The van der Waals surface area contributed by atoms with E-state index in [9.17, 15) is 0 Å². The van der Waals surface area contributed by atoms with Gasteiger partial charge in [-0.15, -0.1) is 19.7 Å². The van der Waals surface area contributed by atoms with Gasteiger partial charge in [-0.25, -0.2) is 0 Å². The molecule has 0 heterocycles. The van der Waals surface area contributed by atoms with E-state index in [-0.39, 0.29) is 0 Å². The van der Waals surface area contributed by atoms with Gasteiger partial charge in [0.05, 0.1) is 0 Å². The molecule has 0 unspecified atom stereocenters. The van der Waals surface area contributed by atoms with Gasteiger partial charge in [-0.2, -0.15) is 0 Å². The Bertz CT molecular complexity index is 53.1. The smallest absolute Gasteiger partial charge is 0.0351 e. The maximum atomic E-state index is 3.63. The Morgan fingerprint density at radius 1 is 1.00 bits per heavy atom. The zero-order valence-corrected chi connectivity index (χ0v) is 10.7. The summed E-state index contributed by atoms with van der Waals surface area (Å²) in [7, 11) is 0. The van der Waals surface area contributed by atoms with Crippen LogP contribution in [0.15, 0.2) is 25.8 Å². The van der Waals surface area contributed by atoms with Crippen molar-refractivity contribution in [2.75, 3.05) is 0 Å². The topological polar surface area (TPSA) is 0 Å². The molecule has 0 aromatic carbocycles. The lowest BCUT2D eigenvalue weighted by atomic mass is 10.1. The molecule has 0 aromatic rings. The first-order valence-corrected chi connectivity index (χ1v) is 5.38. The molecule has 0 saturated heterocycles. The average Bonchev–Trinajstić information content (AvgIpc) is 2.24. The lowest BCUT2D eigenvalue weighted by Gasteiger charge is -1.96. The molecule has 0 amide bonds. The van der Waals surface area contributed by atoms with Crippen molar-refractivity contribution >= 4 is 0 Å². The Hall–Kier alpha value is -0.520. The molecule has 0 spiro atoms. The van der Waals surface area contributed by atoms with E-state index in [1.54, 1.807) is 0 Å². The van der Waals surface area contributed by atoms with Crippen molar-refractivity contribution in [3.05, 3.63) is 25.8 Å². The second-order valence-corrected chi connectivity index (χ2v) is 2.26. The lowest BCUT2D eigenvalue weighted by molar-refractivity contribution is 0.595. The van der Waals surface area contributed by atoms with E-state index in [0.29, 0.717) is 0 Å². The molecule has 0 bridgehead atoms. The Kier molecular flexibility index (Phi) is 73.9. The van der Waals surface area contributed by atoms with Crippen molar-refractivity contribution < 1.29 is 0 Å².